The lowest BCUT2D eigenvalue weighted by Crippen LogP contribution is -1.96. The summed E-state index contributed by atoms with van der Waals surface area (Å²) in [5.41, 5.74) is 1.62. The zero-order valence-electron chi connectivity index (χ0n) is 9.19. The molecule has 0 rings (SSSR count). The lowest BCUT2D eigenvalue weighted by molar-refractivity contribution is 0.497. The molecule has 0 nitrogen and oxygen atoms in total. The first-order valence-electron chi connectivity index (χ1n) is 5.38. The molecule has 0 bridgehead atoms. The predicted octanol–water partition coefficient (Wildman–Crippen LogP) is 4.56. The highest BCUT2D eigenvalue weighted by molar-refractivity contribution is 4.99. The van der Waals surface area contributed by atoms with Crippen LogP contribution in [0.5, 0.6) is 0 Å². The van der Waals surface area contributed by atoms with E-state index in [1.165, 1.54) is 32.1 Å². The standard InChI is InChI=1S/C12H24/c1-5-8-9-11(4)10-12(6-2)7-3/h6,11H,5,7-10H2,1-4H3/b12-6+. The minimum absolute atomic E-state index is 0.885. The normalized spacial score (nSPS) is 14.8. The molecule has 0 radical (unpaired) electrons. The van der Waals surface area contributed by atoms with Crippen LogP contribution in [-0.4, -0.2) is 0 Å². The molecule has 0 aromatic carbocycles. The van der Waals surface area contributed by atoms with Crippen molar-refractivity contribution in [1.29, 1.82) is 0 Å². The molecule has 72 valence electrons. The second-order valence-corrected chi connectivity index (χ2v) is 3.75. The summed E-state index contributed by atoms with van der Waals surface area (Å²) in [5, 5.41) is 0. The maximum Gasteiger partial charge on any atom is -0.0295 e. The van der Waals surface area contributed by atoms with E-state index in [4.69, 9.17) is 0 Å². The van der Waals surface area contributed by atoms with Crippen molar-refractivity contribution >= 4 is 0 Å². The quantitative estimate of drug-likeness (QED) is 0.510. The van der Waals surface area contributed by atoms with Crippen LogP contribution in [0.15, 0.2) is 11.6 Å². The molecule has 0 fully saturated rings. The Morgan fingerprint density at radius 2 is 2.00 bits per heavy atom. The summed E-state index contributed by atoms with van der Waals surface area (Å²) in [6.45, 7) is 9.05. The van der Waals surface area contributed by atoms with Gasteiger partial charge in [0, 0.05) is 0 Å². The first-order valence-corrected chi connectivity index (χ1v) is 5.38. The van der Waals surface area contributed by atoms with Crippen molar-refractivity contribution in [1.82, 2.24) is 0 Å². The molecule has 0 aliphatic carbocycles. The molecular formula is C12H24. The third-order valence-electron chi connectivity index (χ3n) is 2.52. The van der Waals surface area contributed by atoms with E-state index in [-0.39, 0.29) is 0 Å². The molecule has 1 unspecified atom stereocenters. The van der Waals surface area contributed by atoms with Gasteiger partial charge < -0.3 is 0 Å². The van der Waals surface area contributed by atoms with Gasteiger partial charge in [-0.3, -0.25) is 0 Å². The van der Waals surface area contributed by atoms with Crippen molar-refractivity contribution in [3.8, 4) is 0 Å². The van der Waals surface area contributed by atoms with Gasteiger partial charge in [0.15, 0.2) is 0 Å². The second-order valence-electron chi connectivity index (χ2n) is 3.75. The van der Waals surface area contributed by atoms with Gasteiger partial charge in [0.1, 0.15) is 0 Å². The van der Waals surface area contributed by atoms with Gasteiger partial charge in [0.2, 0.25) is 0 Å². The highest BCUT2D eigenvalue weighted by Crippen LogP contribution is 2.18. The molecule has 0 saturated heterocycles. The highest BCUT2D eigenvalue weighted by atomic mass is 14.1. The van der Waals surface area contributed by atoms with Crippen LogP contribution >= 0.6 is 0 Å². The highest BCUT2D eigenvalue weighted by Gasteiger charge is 2.02. The van der Waals surface area contributed by atoms with E-state index in [1.54, 1.807) is 5.57 Å². The van der Waals surface area contributed by atoms with Crippen LogP contribution in [0.3, 0.4) is 0 Å². The molecule has 0 saturated carbocycles. The third-order valence-corrected chi connectivity index (χ3v) is 2.52. The molecule has 0 aliphatic rings. The fourth-order valence-electron chi connectivity index (χ4n) is 1.57. The van der Waals surface area contributed by atoms with E-state index >= 15 is 0 Å². The molecule has 0 N–H and O–H groups in total. The largest absolute Gasteiger partial charge is 0.0885 e. The van der Waals surface area contributed by atoms with Crippen molar-refractivity contribution in [2.24, 2.45) is 5.92 Å². The van der Waals surface area contributed by atoms with Gasteiger partial charge in [-0.25, -0.2) is 0 Å². The monoisotopic (exact) mass is 168 g/mol. The summed E-state index contributed by atoms with van der Waals surface area (Å²) in [6.07, 6.45) is 8.94. The van der Waals surface area contributed by atoms with Crippen LogP contribution in [-0.2, 0) is 0 Å². The Morgan fingerprint density at radius 3 is 2.42 bits per heavy atom. The Hall–Kier alpha value is -0.260. The van der Waals surface area contributed by atoms with Crippen molar-refractivity contribution in [2.75, 3.05) is 0 Å². The predicted molar refractivity (Wildman–Crippen MR) is 57.4 cm³/mol. The van der Waals surface area contributed by atoms with Crippen LogP contribution in [0, 0.1) is 5.92 Å². The molecule has 0 heteroatoms. The molecule has 0 amide bonds. The zero-order chi connectivity index (χ0) is 9.40. The van der Waals surface area contributed by atoms with Gasteiger partial charge in [0.05, 0.1) is 0 Å². The minimum atomic E-state index is 0.885. The van der Waals surface area contributed by atoms with E-state index in [2.05, 4.69) is 33.8 Å². The van der Waals surface area contributed by atoms with Crippen LogP contribution in [0.4, 0.5) is 0 Å². The van der Waals surface area contributed by atoms with E-state index in [9.17, 15) is 0 Å². The van der Waals surface area contributed by atoms with E-state index in [0.717, 1.165) is 5.92 Å². The van der Waals surface area contributed by atoms with Crippen molar-refractivity contribution < 1.29 is 0 Å². The Morgan fingerprint density at radius 1 is 1.33 bits per heavy atom. The molecule has 0 heterocycles. The Kier molecular flexibility index (Phi) is 7.23. The molecular weight excluding hydrogens is 144 g/mol. The SMILES string of the molecule is C/C=C(\CC)CC(C)CCCC. The first kappa shape index (κ1) is 11.7. The average Bonchev–Trinajstić information content (AvgIpc) is 2.10. The average molecular weight is 168 g/mol. The number of hydrogen-bond donors (Lipinski definition) is 0. The van der Waals surface area contributed by atoms with E-state index in [1.807, 2.05) is 0 Å². The lowest BCUT2D eigenvalue weighted by atomic mass is 9.95. The topological polar surface area (TPSA) is 0 Å². The van der Waals surface area contributed by atoms with Gasteiger partial charge in [-0.05, 0) is 25.7 Å². The summed E-state index contributed by atoms with van der Waals surface area (Å²) < 4.78 is 0. The fraction of sp³-hybridized carbons (Fsp3) is 0.833. The second kappa shape index (κ2) is 7.39. The molecule has 0 aromatic rings. The molecule has 0 aromatic heterocycles. The summed E-state index contributed by atoms with van der Waals surface area (Å²) in [7, 11) is 0. The van der Waals surface area contributed by atoms with Crippen LogP contribution in [0.1, 0.15) is 59.8 Å². The molecule has 0 spiro atoms. The van der Waals surface area contributed by atoms with E-state index in [0.29, 0.717) is 0 Å². The van der Waals surface area contributed by atoms with Gasteiger partial charge in [0.25, 0.3) is 0 Å². The van der Waals surface area contributed by atoms with Crippen molar-refractivity contribution in [3.05, 3.63) is 11.6 Å². The summed E-state index contributed by atoms with van der Waals surface area (Å²) in [5.74, 6) is 0.885. The van der Waals surface area contributed by atoms with Gasteiger partial charge in [-0.15, -0.1) is 0 Å². The smallest absolute Gasteiger partial charge is 0.0295 e. The van der Waals surface area contributed by atoms with Gasteiger partial charge >= 0.3 is 0 Å². The number of unbranched alkanes of at least 4 members (excludes halogenated alkanes) is 1. The lowest BCUT2D eigenvalue weighted by Gasteiger charge is -2.11. The van der Waals surface area contributed by atoms with Crippen molar-refractivity contribution in [2.45, 2.75) is 59.8 Å². The number of rotatable bonds is 6. The van der Waals surface area contributed by atoms with Crippen LogP contribution in [0.25, 0.3) is 0 Å². The maximum absolute atomic E-state index is 2.37. The van der Waals surface area contributed by atoms with Crippen molar-refractivity contribution in [3.63, 3.8) is 0 Å². The van der Waals surface area contributed by atoms with Crippen LogP contribution in [0.2, 0.25) is 0 Å². The third kappa shape index (κ3) is 5.40. The molecule has 1 atom stereocenters. The Labute approximate surface area is 78.1 Å². The summed E-state index contributed by atoms with van der Waals surface area (Å²) in [4.78, 5) is 0. The van der Waals surface area contributed by atoms with E-state index < -0.39 is 0 Å². The fourth-order valence-corrected chi connectivity index (χ4v) is 1.57. The number of hydrogen-bond acceptors (Lipinski definition) is 0. The van der Waals surface area contributed by atoms with Gasteiger partial charge in [-0.1, -0.05) is 51.7 Å². The molecule has 12 heavy (non-hydrogen) atoms. The molecule has 0 aliphatic heterocycles. The Bertz CT molecular complexity index is 122. The summed E-state index contributed by atoms with van der Waals surface area (Å²) in [6, 6.07) is 0. The summed E-state index contributed by atoms with van der Waals surface area (Å²) >= 11 is 0. The number of allylic oxidation sites excluding steroid dienone is 2. The minimum Gasteiger partial charge on any atom is -0.0885 e. The zero-order valence-corrected chi connectivity index (χ0v) is 9.19. The van der Waals surface area contributed by atoms with Gasteiger partial charge in [-0.2, -0.15) is 0 Å². The Balaban J connectivity index is 3.59. The first-order chi connectivity index (χ1) is 5.74. The maximum atomic E-state index is 2.37. The van der Waals surface area contributed by atoms with Crippen LogP contribution < -0.4 is 0 Å².